The second kappa shape index (κ2) is 6.37. The van der Waals surface area contributed by atoms with Crippen LogP contribution in [0.15, 0.2) is 24.3 Å². The smallest absolute Gasteiger partial charge is 0.274 e. The number of hydrogen-bond donors (Lipinski definition) is 1. The van der Waals surface area contributed by atoms with Crippen molar-refractivity contribution in [3.8, 4) is 5.75 Å². The van der Waals surface area contributed by atoms with Gasteiger partial charge < -0.3 is 9.47 Å². The second-order valence-corrected chi connectivity index (χ2v) is 4.11. The van der Waals surface area contributed by atoms with E-state index in [0.29, 0.717) is 17.9 Å². The van der Waals surface area contributed by atoms with Crippen LogP contribution >= 0.6 is 0 Å². The zero-order valence-electron chi connectivity index (χ0n) is 10.3. The summed E-state index contributed by atoms with van der Waals surface area (Å²) >= 11 is 0. The molecule has 98 valence electrons. The van der Waals surface area contributed by atoms with Crippen molar-refractivity contribution in [3.63, 3.8) is 0 Å². The fourth-order valence-electron chi connectivity index (χ4n) is 1.84. The molecule has 1 amide bonds. The molecule has 0 saturated carbocycles. The highest BCUT2D eigenvalue weighted by Gasteiger charge is 2.16. The van der Waals surface area contributed by atoms with Crippen LogP contribution in [0.4, 0.5) is 0 Å². The number of hydrogen-bond acceptors (Lipinski definition) is 4. The van der Waals surface area contributed by atoms with Crippen LogP contribution in [0.1, 0.15) is 23.2 Å². The van der Waals surface area contributed by atoms with Crippen molar-refractivity contribution in [1.82, 2.24) is 5.48 Å². The fraction of sp³-hybridized carbons (Fsp3) is 0.462. The monoisotopic (exact) mass is 251 g/mol. The minimum absolute atomic E-state index is 0.168. The molecule has 5 nitrogen and oxygen atoms in total. The average molecular weight is 251 g/mol. The number of carbonyl (C=O) groups is 1. The van der Waals surface area contributed by atoms with E-state index in [0.717, 1.165) is 19.4 Å². The van der Waals surface area contributed by atoms with Gasteiger partial charge in [-0.25, -0.2) is 5.48 Å². The Labute approximate surface area is 106 Å². The molecule has 0 aromatic heterocycles. The zero-order chi connectivity index (χ0) is 12.8. The summed E-state index contributed by atoms with van der Waals surface area (Å²) in [4.78, 5) is 16.1. The van der Waals surface area contributed by atoms with Crippen LogP contribution in [-0.4, -0.2) is 32.3 Å². The lowest BCUT2D eigenvalue weighted by molar-refractivity contribution is 0.0536. The average Bonchev–Trinajstić information content (AvgIpc) is 2.90. The van der Waals surface area contributed by atoms with Crippen molar-refractivity contribution < 1.29 is 19.1 Å². The number of carbonyl (C=O) groups excluding carboxylic acids is 1. The van der Waals surface area contributed by atoms with Gasteiger partial charge in [0.2, 0.25) is 0 Å². The Balaban J connectivity index is 1.91. The maximum absolute atomic E-state index is 11.5. The van der Waals surface area contributed by atoms with E-state index in [9.17, 15) is 4.79 Å². The van der Waals surface area contributed by atoms with Gasteiger partial charge in [0.15, 0.2) is 0 Å². The van der Waals surface area contributed by atoms with E-state index in [1.54, 1.807) is 18.2 Å². The topological polar surface area (TPSA) is 56.8 Å². The molecule has 1 N–H and O–H groups in total. The SMILES string of the molecule is CONC(=O)c1cccc(OC[C@@H]2CCCO2)c1. The summed E-state index contributed by atoms with van der Waals surface area (Å²) in [7, 11) is 1.40. The van der Waals surface area contributed by atoms with Gasteiger partial charge in [-0.15, -0.1) is 0 Å². The number of hydroxylamine groups is 1. The van der Waals surface area contributed by atoms with E-state index in [1.807, 2.05) is 6.07 Å². The van der Waals surface area contributed by atoms with Crippen molar-refractivity contribution in [2.45, 2.75) is 18.9 Å². The highest BCUT2D eigenvalue weighted by Crippen LogP contribution is 2.17. The van der Waals surface area contributed by atoms with Crippen LogP contribution in [0.3, 0.4) is 0 Å². The quantitative estimate of drug-likeness (QED) is 0.806. The van der Waals surface area contributed by atoms with Crippen LogP contribution in [0.25, 0.3) is 0 Å². The molecule has 18 heavy (non-hydrogen) atoms. The summed E-state index contributed by atoms with van der Waals surface area (Å²) in [6, 6.07) is 6.98. The van der Waals surface area contributed by atoms with Crippen molar-refractivity contribution in [2.75, 3.05) is 20.3 Å². The van der Waals surface area contributed by atoms with E-state index in [4.69, 9.17) is 9.47 Å². The van der Waals surface area contributed by atoms with Gasteiger partial charge in [-0.05, 0) is 31.0 Å². The maximum Gasteiger partial charge on any atom is 0.274 e. The van der Waals surface area contributed by atoms with Crippen molar-refractivity contribution in [1.29, 1.82) is 0 Å². The van der Waals surface area contributed by atoms with Gasteiger partial charge in [-0.1, -0.05) is 6.07 Å². The summed E-state index contributed by atoms with van der Waals surface area (Å²) in [6.45, 7) is 1.33. The van der Waals surface area contributed by atoms with E-state index >= 15 is 0 Å². The highest BCUT2D eigenvalue weighted by molar-refractivity contribution is 5.93. The van der Waals surface area contributed by atoms with Crippen LogP contribution < -0.4 is 10.2 Å². The van der Waals surface area contributed by atoms with E-state index < -0.39 is 0 Å². The third-order valence-corrected chi connectivity index (χ3v) is 2.75. The first kappa shape index (κ1) is 12.9. The zero-order valence-corrected chi connectivity index (χ0v) is 10.3. The molecule has 0 radical (unpaired) electrons. The normalized spacial score (nSPS) is 18.6. The number of rotatable bonds is 5. The van der Waals surface area contributed by atoms with Crippen molar-refractivity contribution in [2.24, 2.45) is 0 Å². The Kier molecular flexibility index (Phi) is 4.55. The Bertz CT molecular complexity index is 402. The maximum atomic E-state index is 11.5. The molecular weight excluding hydrogens is 234 g/mol. The molecule has 1 atom stereocenters. The van der Waals surface area contributed by atoms with Crippen LogP contribution in [0.2, 0.25) is 0 Å². The van der Waals surface area contributed by atoms with Gasteiger partial charge in [0.05, 0.1) is 13.2 Å². The number of nitrogens with one attached hydrogen (secondary N) is 1. The standard InChI is InChI=1S/C13H17NO4/c1-16-14-13(15)10-4-2-5-11(8-10)18-9-12-6-3-7-17-12/h2,4-5,8,12H,3,6-7,9H2,1H3,(H,14,15)/t12-/m0/s1. The molecule has 0 bridgehead atoms. The minimum Gasteiger partial charge on any atom is -0.491 e. The molecule has 1 aliphatic rings. The van der Waals surface area contributed by atoms with Gasteiger partial charge in [-0.2, -0.15) is 0 Å². The predicted octanol–water partition coefficient (Wildman–Crippen LogP) is 1.54. The van der Waals surface area contributed by atoms with Crippen LogP contribution in [-0.2, 0) is 9.57 Å². The fourth-order valence-corrected chi connectivity index (χ4v) is 1.84. The first-order valence-corrected chi connectivity index (χ1v) is 5.97. The van der Waals surface area contributed by atoms with Gasteiger partial charge in [-0.3, -0.25) is 9.63 Å². The highest BCUT2D eigenvalue weighted by atomic mass is 16.6. The lowest BCUT2D eigenvalue weighted by atomic mass is 10.2. The molecule has 1 aromatic rings. The van der Waals surface area contributed by atoms with Gasteiger partial charge in [0, 0.05) is 12.2 Å². The molecule has 1 saturated heterocycles. The Morgan fingerprint density at radius 3 is 3.17 bits per heavy atom. The summed E-state index contributed by atoms with van der Waals surface area (Å²) in [5.74, 6) is 0.370. The predicted molar refractivity (Wildman–Crippen MR) is 65.4 cm³/mol. The first-order chi connectivity index (χ1) is 8.79. The third-order valence-electron chi connectivity index (χ3n) is 2.75. The van der Waals surface area contributed by atoms with Crippen LogP contribution in [0.5, 0.6) is 5.75 Å². The first-order valence-electron chi connectivity index (χ1n) is 5.97. The molecule has 0 aliphatic carbocycles. The lowest BCUT2D eigenvalue weighted by Gasteiger charge is -2.12. The number of amides is 1. The number of ether oxygens (including phenoxy) is 2. The molecule has 1 aromatic carbocycles. The Morgan fingerprint density at radius 2 is 2.44 bits per heavy atom. The molecule has 2 rings (SSSR count). The minimum atomic E-state index is -0.292. The molecule has 1 aliphatic heterocycles. The summed E-state index contributed by atoms with van der Waals surface area (Å²) < 4.78 is 11.1. The molecule has 1 heterocycles. The molecule has 5 heteroatoms. The van der Waals surface area contributed by atoms with E-state index in [-0.39, 0.29) is 12.0 Å². The summed E-state index contributed by atoms with van der Waals surface area (Å²) in [5, 5.41) is 0. The van der Waals surface area contributed by atoms with Gasteiger partial charge in [0.25, 0.3) is 5.91 Å². The molecule has 1 fully saturated rings. The molecule has 0 unspecified atom stereocenters. The van der Waals surface area contributed by atoms with Gasteiger partial charge in [0.1, 0.15) is 12.4 Å². The van der Waals surface area contributed by atoms with Crippen LogP contribution in [0, 0.1) is 0 Å². The van der Waals surface area contributed by atoms with E-state index in [2.05, 4.69) is 10.3 Å². The molecular formula is C13H17NO4. The third kappa shape index (κ3) is 3.45. The lowest BCUT2D eigenvalue weighted by Crippen LogP contribution is -2.22. The summed E-state index contributed by atoms with van der Waals surface area (Å²) in [6.07, 6.45) is 2.29. The summed E-state index contributed by atoms with van der Waals surface area (Å²) in [5.41, 5.74) is 2.77. The van der Waals surface area contributed by atoms with Crippen molar-refractivity contribution in [3.05, 3.63) is 29.8 Å². The van der Waals surface area contributed by atoms with E-state index in [1.165, 1.54) is 7.11 Å². The largest absolute Gasteiger partial charge is 0.491 e. The Morgan fingerprint density at radius 1 is 1.56 bits per heavy atom. The second-order valence-electron chi connectivity index (χ2n) is 4.11. The van der Waals surface area contributed by atoms with Gasteiger partial charge >= 0.3 is 0 Å². The molecule has 0 spiro atoms. The van der Waals surface area contributed by atoms with Crippen molar-refractivity contribution >= 4 is 5.91 Å². The Hall–Kier alpha value is -1.59. The number of benzene rings is 1.